The first-order valence-electron chi connectivity index (χ1n) is 7.58. The second-order valence-corrected chi connectivity index (χ2v) is 5.06. The van der Waals surface area contributed by atoms with Crippen molar-refractivity contribution in [2.45, 2.75) is 6.42 Å². The van der Waals surface area contributed by atoms with Gasteiger partial charge in [-0.1, -0.05) is 6.07 Å². The third-order valence-electron chi connectivity index (χ3n) is 3.49. The zero-order valence-corrected chi connectivity index (χ0v) is 14.2. The Balaban J connectivity index is 1.90. The molecule has 2 rings (SSSR count). The maximum atomic E-state index is 5.91. The van der Waals surface area contributed by atoms with Crippen molar-refractivity contribution in [3.8, 4) is 17.2 Å². The van der Waals surface area contributed by atoms with Gasteiger partial charge >= 0.3 is 0 Å². The van der Waals surface area contributed by atoms with Crippen molar-refractivity contribution in [3.05, 3.63) is 48.0 Å². The monoisotopic (exact) mass is 329 g/mol. The van der Waals surface area contributed by atoms with Crippen molar-refractivity contribution >= 4 is 11.6 Å². The van der Waals surface area contributed by atoms with Crippen LogP contribution in [0.1, 0.15) is 5.56 Å². The standard InChI is InChI=1S/C18H23N3O3/c1-22-15-7-5-14(6-8-15)21-18(19)20-11-10-13-4-9-16(23-2)17(12-13)24-3/h4-9,12H,10-11H2,1-3H3,(H3,19,20,21). The summed E-state index contributed by atoms with van der Waals surface area (Å²) in [6, 6.07) is 13.3. The topological polar surface area (TPSA) is 78.1 Å². The largest absolute Gasteiger partial charge is 0.497 e. The average Bonchev–Trinajstić information content (AvgIpc) is 2.62. The van der Waals surface area contributed by atoms with Crippen LogP contribution in [0.25, 0.3) is 0 Å². The van der Waals surface area contributed by atoms with E-state index in [2.05, 4.69) is 10.3 Å². The van der Waals surface area contributed by atoms with Gasteiger partial charge < -0.3 is 25.3 Å². The number of nitrogens with one attached hydrogen (secondary N) is 1. The molecule has 6 nitrogen and oxygen atoms in total. The highest BCUT2D eigenvalue weighted by Crippen LogP contribution is 2.27. The van der Waals surface area contributed by atoms with Gasteiger partial charge in [0.25, 0.3) is 0 Å². The van der Waals surface area contributed by atoms with Gasteiger partial charge in [-0.05, 0) is 48.4 Å². The minimum absolute atomic E-state index is 0.376. The van der Waals surface area contributed by atoms with Crippen LogP contribution in [0.3, 0.4) is 0 Å². The lowest BCUT2D eigenvalue weighted by molar-refractivity contribution is 0.354. The number of rotatable bonds is 7. The number of methoxy groups -OCH3 is 3. The molecule has 0 radical (unpaired) electrons. The van der Waals surface area contributed by atoms with E-state index in [0.717, 1.165) is 23.4 Å². The number of hydrogen-bond donors (Lipinski definition) is 2. The van der Waals surface area contributed by atoms with Crippen LogP contribution in [-0.4, -0.2) is 33.8 Å². The van der Waals surface area contributed by atoms with Gasteiger partial charge in [0, 0.05) is 12.2 Å². The van der Waals surface area contributed by atoms with Crippen LogP contribution in [0.4, 0.5) is 5.69 Å². The number of anilines is 1. The van der Waals surface area contributed by atoms with Crippen LogP contribution in [0.15, 0.2) is 47.5 Å². The number of nitrogens with two attached hydrogens (primary N) is 1. The third-order valence-corrected chi connectivity index (χ3v) is 3.49. The molecule has 0 bridgehead atoms. The molecule has 0 unspecified atom stereocenters. The smallest absolute Gasteiger partial charge is 0.193 e. The molecule has 0 aliphatic heterocycles. The predicted molar refractivity (Wildman–Crippen MR) is 96.4 cm³/mol. The maximum Gasteiger partial charge on any atom is 0.193 e. The summed E-state index contributed by atoms with van der Waals surface area (Å²) in [4.78, 5) is 4.34. The summed E-state index contributed by atoms with van der Waals surface area (Å²) >= 11 is 0. The fourth-order valence-corrected chi connectivity index (χ4v) is 2.20. The summed E-state index contributed by atoms with van der Waals surface area (Å²) in [5.74, 6) is 2.60. The highest BCUT2D eigenvalue weighted by atomic mass is 16.5. The lowest BCUT2D eigenvalue weighted by atomic mass is 10.1. The van der Waals surface area contributed by atoms with E-state index in [1.54, 1.807) is 21.3 Å². The van der Waals surface area contributed by atoms with Gasteiger partial charge in [-0.2, -0.15) is 0 Å². The minimum Gasteiger partial charge on any atom is -0.497 e. The van der Waals surface area contributed by atoms with Crippen molar-refractivity contribution < 1.29 is 14.2 Å². The van der Waals surface area contributed by atoms with Crippen LogP contribution in [0.2, 0.25) is 0 Å². The Kier molecular flexibility index (Phi) is 6.31. The van der Waals surface area contributed by atoms with Crippen LogP contribution >= 0.6 is 0 Å². The van der Waals surface area contributed by atoms with E-state index >= 15 is 0 Å². The fourth-order valence-electron chi connectivity index (χ4n) is 2.20. The summed E-state index contributed by atoms with van der Waals surface area (Å²) in [6.45, 7) is 0.574. The van der Waals surface area contributed by atoms with E-state index in [1.807, 2.05) is 42.5 Å². The number of aliphatic imine (C=N–C) groups is 1. The van der Waals surface area contributed by atoms with E-state index in [9.17, 15) is 0 Å². The molecule has 0 spiro atoms. The normalized spacial score (nSPS) is 11.0. The molecule has 2 aromatic carbocycles. The number of nitrogens with zero attached hydrogens (tertiary/aromatic N) is 1. The summed E-state index contributed by atoms with van der Waals surface area (Å²) < 4.78 is 15.6. The summed E-state index contributed by atoms with van der Waals surface area (Å²) in [5.41, 5.74) is 7.87. The molecule has 0 aliphatic rings. The zero-order valence-electron chi connectivity index (χ0n) is 14.2. The molecule has 0 amide bonds. The number of hydrogen-bond acceptors (Lipinski definition) is 4. The Bertz CT molecular complexity index is 684. The van der Waals surface area contributed by atoms with Gasteiger partial charge in [0.2, 0.25) is 0 Å². The highest BCUT2D eigenvalue weighted by Gasteiger charge is 2.04. The molecule has 2 aromatic rings. The first-order valence-corrected chi connectivity index (χ1v) is 7.58. The highest BCUT2D eigenvalue weighted by molar-refractivity contribution is 5.92. The zero-order chi connectivity index (χ0) is 17.4. The van der Waals surface area contributed by atoms with Crippen molar-refractivity contribution in [2.24, 2.45) is 10.7 Å². The van der Waals surface area contributed by atoms with Gasteiger partial charge in [0.1, 0.15) is 5.75 Å². The van der Waals surface area contributed by atoms with Crippen molar-refractivity contribution in [1.29, 1.82) is 0 Å². The predicted octanol–water partition coefficient (Wildman–Crippen LogP) is 2.68. The van der Waals surface area contributed by atoms with E-state index in [0.29, 0.717) is 24.0 Å². The molecule has 0 atom stereocenters. The Hall–Kier alpha value is -2.89. The number of benzene rings is 2. The van der Waals surface area contributed by atoms with E-state index in [-0.39, 0.29) is 0 Å². The first kappa shape index (κ1) is 17.5. The second kappa shape index (κ2) is 8.67. The van der Waals surface area contributed by atoms with Crippen molar-refractivity contribution in [3.63, 3.8) is 0 Å². The van der Waals surface area contributed by atoms with E-state index < -0.39 is 0 Å². The molecule has 24 heavy (non-hydrogen) atoms. The molecule has 3 N–H and O–H groups in total. The van der Waals surface area contributed by atoms with Gasteiger partial charge in [-0.15, -0.1) is 0 Å². The van der Waals surface area contributed by atoms with Crippen molar-refractivity contribution in [2.75, 3.05) is 33.2 Å². The maximum absolute atomic E-state index is 5.91. The lowest BCUT2D eigenvalue weighted by Gasteiger charge is -2.09. The van der Waals surface area contributed by atoms with E-state index in [4.69, 9.17) is 19.9 Å². The molecule has 128 valence electrons. The molecule has 0 heterocycles. The average molecular weight is 329 g/mol. The molecular weight excluding hydrogens is 306 g/mol. The summed E-state index contributed by atoms with van der Waals surface area (Å²) in [6.07, 6.45) is 0.755. The van der Waals surface area contributed by atoms with Gasteiger partial charge in [-0.25, -0.2) is 0 Å². The Morgan fingerprint density at radius 3 is 2.29 bits per heavy atom. The molecule has 0 aliphatic carbocycles. The van der Waals surface area contributed by atoms with Gasteiger partial charge in [0.05, 0.1) is 21.3 Å². The minimum atomic E-state index is 0.376. The fraction of sp³-hybridized carbons (Fsp3) is 0.278. The van der Waals surface area contributed by atoms with Crippen LogP contribution in [0.5, 0.6) is 17.2 Å². The Labute approximate surface area is 142 Å². The molecule has 0 saturated carbocycles. The second-order valence-electron chi connectivity index (χ2n) is 5.06. The Morgan fingerprint density at radius 1 is 0.958 bits per heavy atom. The molecule has 0 fully saturated rings. The van der Waals surface area contributed by atoms with Crippen LogP contribution in [0, 0.1) is 0 Å². The molecule has 0 aromatic heterocycles. The summed E-state index contributed by atoms with van der Waals surface area (Å²) in [7, 11) is 4.87. The van der Waals surface area contributed by atoms with Gasteiger partial charge in [0.15, 0.2) is 17.5 Å². The lowest BCUT2D eigenvalue weighted by Crippen LogP contribution is -2.23. The quantitative estimate of drug-likeness (QED) is 0.603. The van der Waals surface area contributed by atoms with Crippen LogP contribution in [-0.2, 0) is 6.42 Å². The summed E-state index contributed by atoms with van der Waals surface area (Å²) in [5, 5.41) is 3.05. The number of ether oxygens (including phenoxy) is 3. The van der Waals surface area contributed by atoms with Gasteiger partial charge in [-0.3, -0.25) is 4.99 Å². The first-order chi connectivity index (χ1) is 11.7. The Morgan fingerprint density at radius 2 is 1.67 bits per heavy atom. The van der Waals surface area contributed by atoms with Crippen molar-refractivity contribution in [1.82, 2.24) is 0 Å². The number of guanidine groups is 1. The molecule has 0 saturated heterocycles. The SMILES string of the molecule is COc1ccc(NC(N)=NCCc2ccc(OC)c(OC)c2)cc1. The van der Waals surface area contributed by atoms with Crippen LogP contribution < -0.4 is 25.3 Å². The molecular formula is C18H23N3O3. The molecule has 6 heteroatoms. The third kappa shape index (κ3) is 4.81. The van der Waals surface area contributed by atoms with E-state index in [1.165, 1.54) is 0 Å².